The number of carbonyl (C=O) groups excluding carboxylic acids is 2. The summed E-state index contributed by atoms with van der Waals surface area (Å²) in [5.41, 5.74) is 1.16. The van der Waals surface area contributed by atoms with Gasteiger partial charge in [0.25, 0.3) is 5.91 Å². The molecule has 1 aliphatic heterocycles. The molecule has 1 saturated heterocycles. The van der Waals surface area contributed by atoms with Crippen molar-refractivity contribution in [2.75, 3.05) is 7.05 Å². The van der Waals surface area contributed by atoms with E-state index in [2.05, 4.69) is 10.3 Å². The second-order valence-corrected chi connectivity index (χ2v) is 5.71. The van der Waals surface area contributed by atoms with Crippen molar-refractivity contribution in [2.45, 2.75) is 25.4 Å². The van der Waals surface area contributed by atoms with Gasteiger partial charge in [0, 0.05) is 31.9 Å². The second-order valence-electron chi connectivity index (χ2n) is 5.71. The number of hydrogen-bond donors (Lipinski definition) is 1. The maximum Gasteiger partial charge on any atom is 0.255 e. The molecule has 2 amide bonds. The highest BCUT2D eigenvalue weighted by Crippen LogP contribution is 2.31. The van der Waals surface area contributed by atoms with Crippen molar-refractivity contribution in [3.63, 3.8) is 0 Å². The summed E-state index contributed by atoms with van der Waals surface area (Å²) in [7, 11) is 1.71. The van der Waals surface area contributed by atoms with Gasteiger partial charge in [-0.1, -0.05) is 6.07 Å². The monoisotopic (exact) mass is 324 g/mol. The topological polar surface area (TPSA) is 99.2 Å². The lowest BCUT2D eigenvalue weighted by atomic mass is 10.0. The van der Waals surface area contributed by atoms with Crippen molar-refractivity contribution in [1.82, 2.24) is 15.2 Å². The van der Waals surface area contributed by atoms with E-state index in [-0.39, 0.29) is 36.1 Å². The number of furan rings is 1. The minimum absolute atomic E-state index is 0.0456. The first-order chi connectivity index (χ1) is 11.5. The third kappa shape index (κ3) is 2.74. The Hall–Kier alpha value is -3.14. The summed E-state index contributed by atoms with van der Waals surface area (Å²) < 4.78 is 5.19. The number of carbonyl (C=O) groups is 2. The van der Waals surface area contributed by atoms with Crippen LogP contribution in [0.15, 0.2) is 35.0 Å². The zero-order chi connectivity index (χ0) is 17.3. The minimum Gasteiger partial charge on any atom is -0.450 e. The third-order valence-corrected chi connectivity index (χ3v) is 4.20. The Balaban J connectivity index is 1.85. The fraction of sp³-hybridized carbons (Fsp3) is 0.294. The first-order valence-electron chi connectivity index (χ1n) is 7.48. The SMILES string of the molecule is Cc1oc(C#N)cc1C(=O)N[C@@H]1CC(=O)N(C)[C@H]1c1cccnc1. The Labute approximate surface area is 138 Å². The van der Waals surface area contributed by atoms with Gasteiger partial charge in [-0.3, -0.25) is 14.6 Å². The number of likely N-dealkylation sites (tertiary alicyclic amines) is 1. The van der Waals surface area contributed by atoms with E-state index in [1.165, 1.54) is 6.07 Å². The second kappa shape index (κ2) is 6.16. The first kappa shape index (κ1) is 15.7. The van der Waals surface area contributed by atoms with E-state index >= 15 is 0 Å². The van der Waals surface area contributed by atoms with Crippen molar-refractivity contribution >= 4 is 11.8 Å². The zero-order valence-electron chi connectivity index (χ0n) is 13.3. The van der Waals surface area contributed by atoms with Crippen LogP contribution >= 0.6 is 0 Å². The van der Waals surface area contributed by atoms with Crippen LogP contribution in [0, 0.1) is 18.3 Å². The maximum atomic E-state index is 12.5. The Bertz CT molecular complexity index is 822. The van der Waals surface area contributed by atoms with Crippen LogP contribution in [0.1, 0.15) is 39.9 Å². The molecule has 2 atom stereocenters. The fourth-order valence-corrected chi connectivity index (χ4v) is 3.01. The van der Waals surface area contributed by atoms with E-state index in [0.717, 1.165) is 5.56 Å². The smallest absolute Gasteiger partial charge is 0.255 e. The highest BCUT2D eigenvalue weighted by molar-refractivity contribution is 5.96. The zero-order valence-corrected chi connectivity index (χ0v) is 13.3. The molecule has 2 aromatic rings. The number of aryl methyl sites for hydroxylation is 1. The molecule has 1 aliphatic rings. The van der Waals surface area contributed by atoms with Crippen molar-refractivity contribution < 1.29 is 14.0 Å². The molecule has 24 heavy (non-hydrogen) atoms. The summed E-state index contributed by atoms with van der Waals surface area (Å²) in [5, 5.41) is 11.8. The number of nitrogens with one attached hydrogen (secondary N) is 1. The predicted octanol–water partition coefficient (Wildman–Crippen LogP) is 1.56. The normalized spacial score (nSPS) is 20.0. The molecule has 0 aromatic carbocycles. The van der Waals surface area contributed by atoms with Gasteiger partial charge in [-0.2, -0.15) is 5.26 Å². The standard InChI is InChI=1S/C17H16N4O3/c1-10-13(6-12(8-18)24-10)17(23)20-14-7-15(22)21(2)16(14)11-4-3-5-19-9-11/h3-6,9,14,16H,7H2,1-2H3,(H,20,23)/t14-,16+/m1/s1. The predicted molar refractivity (Wildman–Crippen MR) is 83.8 cm³/mol. The molecule has 3 rings (SSSR count). The van der Waals surface area contributed by atoms with Gasteiger partial charge in [0.2, 0.25) is 11.7 Å². The molecule has 0 radical (unpaired) electrons. The number of rotatable bonds is 3. The number of pyridine rings is 1. The average Bonchev–Trinajstić information content (AvgIpc) is 3.08. The lowest BCUT2D eigenvalue weighted by Crippen LogP contribution is -2.39. The van der Waals surface area contributed by atoms with Gasteiger partial charge < -0.3 is 14.6 Å². The van der Waals surface area contributed by atoms with Crippen molar-refractivity contribution in [3.05, 3.63) is 53.2 Å². The number of nitriles is 1. The van der Waals surface area contributed by atoms with E-state index < -0.39 is 0 Å². The summed E-state index contributed by atoms with van der Waals surface area (Å²) in [6, 6.07) is 6.29. The maximum absolute atomic E-state index is 12.5. The Morgan fingerprint density at radius 1 is 1.54 bits per heavy atom. The average molecular weight is 324 g/mol. The summed E-state index contributed by atoms with van der Waals surface area (Å²) in [5.74, 6) is 0.0521. The van der Waals surface area contributed by atoms with Crippen molar-refractivity contribution in [3.8, 4) is 6.07 Å². The Morgan fingerprint density at radius 3 is 2.96 bits per heavy atom. The van der Waals surface area contributed by atoms with Crippen LogP contribution < -0.4 is 5.32 Å². The molecule has 7 nitrogen and oxygen atoms in total. The molecule has 2 aromatic heterocycles. The molecular formula is C17H16N4O3. The highest BCUT2D eigenvalue weighted by Gasteiger charge is 2.39. The van der Waals surface area contributed by atoms with Gasteiger partial charge in [-0.25, -0.2) is 0 Å². The molecule has 0 unspecified atom stereocenters. The molecule has 0 spiro atoms. The summed E-state index contributed by atoms with van der Waals surface area (Å²) in [6.07, 6.45) is 3.56. The number of likely N-dealkylation sites (N-methyl/N-ethyl adjacent to an activating group) is 1. The van der Waals surface area contributed by atoms with Gasteiger partial charge >= 0.3 is 0 Å². The molecule has 7 heteroatoms. The Kier molecular flexibility index (Phi) is 4.04. The first-order valence-corrected chi connectivity index (χ1v) is 7.48. The van der Waals surface area contributed by atoms with E-state index in [1.54, 1.807) is 37.3 Å². The van der Waals surface area contributed by atoms with Crippen LogP contribution in [-0.2, 0) is 4.79 Å². The number of aromatic nitrogens is 1. The fourth-order valence-electron chi connectivity index (χ4n) is 3.01. The van der Waals surface area contributed by atoms with Crippen molar-refractivity contribution in [2.24, 2.45) is 0 Å². The summed E-state index contributed by atoms with van der Waals surface area (Å²) in [6.45, 7) is 1.63. The van der Waals surface area contributed by atoms with Crippen molar-refractivity contribution in [1.29, 1.82) is 5.26 Å². The molecule has 0 saturated carbocycles. The van der Waals surface area contributed by atoms with Gasteiger partial charge in [0.15, 0.2) is 0 Å². The van der Waals surface area contributed by atoms with Crippen LogP contribution in [0.5, 0.6) is 0 Å². The van der Waals surface area contributed by atoms with Crippen LogP contribution in [0.25, 0.3) is 0 Å². The van der Waals surface area contributed by atoms with Gasteiger partial charge in [-0.05, 0) is 18.6 Å². The lowest BCUT2D eigenvalue weighted by Gasteiger charge is -2.25. The molecule has 3 heterocycles. The molecule has 1 fully saturated rings. The largest absolute Gasteiger partial charge is 0.450 e. The Morgan fingerprint density at radius 2 is 2.33 bits per heavy atom. The van der Waals surface area contributed by atoms with E-state index in [4.69, 9.17) is 9.68 Å². The minimum atomic E-state index is -0.376. The van der Waals surface area contributed by atoms with Crippen LogP contribution in [0.3, 0.4) is 0 Å². The van der Waals surface area contributed by atoms with E-state index in [0.29, 0.717) is 11.3 Å². The molecule has 0 aliphatic carbocycles. The van der Waals surface area contributed by atoms with Crippen LogP contribution in [0.2, 0.25) is 0 Å². The lowest BCUT2D eigenvalue weighted by molar-refractivity contribution is -0.127. The number of amides is 2. The molecule has 122 valence electrons. The quantitative estimate of drug-likeness (QED) is 0.923. The molecule has 1 N–H and O–H groups in total. The van der Waals surface area contributed by atoms with Gasteiger partial charge in [0.1, 0.15) is 11.8 Å². The van der Waals surface area contributed by atoms with Gasteiger partial charge in [0.05, 0.1) is 17.6 Å². The van der Waals surface area contributed by atoms with Crippen LogP contribution in [0.4, 0.5) is 0 Å². The molecular weight excluding hydrogens is 308 g/mol. The third-order valence-electron chi connectivity index (χ3n) is 4.20. The highest BCUT2D eigenvalue weighted by atomic mass is 16.3. The van der Waals surface area contributed by atoms with Gasteiger partial charge in [-0.15, -0.1) is 0 Å². The summed E-state index contributed by atoms with van der Waals surface area (Å²) >= 11 is 0. The van der Waals surface area contributed by atoms with E-state index in [9.17, 15) is 9.59 Å². The molecule has 0 bridgehead atoms. The van der Waals surface area contributed by atoms with E-state index in [1.807, 2.05) is 12.1 Å². The number of nitrogens with zero attached hydrogens (tertiary/aromatic N) is 3. The number of hydrogen-bond acceptors (Lipinski definition) is 5. The summed E-state index contributed by atoms with van der Waals surface area (Å²) in [4.78, 5) is 30.3. The van der Waals surface area contributed by atoms with Crippen LogP contribution in [-0.4, -0.2) is 34.8 Å².